The number of hydrogen-bond donors (Lipinski definition) is 1. The number of rotatable bonds is 5. The van der Waals surface area contributed by atoms with E-state index in [4.69, 9.17) is 4.74 Å². The fourth-order valence-corrected chi connectivity index (χ4v) is 3.08. The van der Waals surface area contributed by atoms with Crippen molar-refractivity contribution in [3.63, 3.8) is 0 Å². The number of nitrogens with zero attached hydrogens (tertiary/aromatic N) is 1. The molecule has 0 saturated carbocycles. The number of hydrogen-bond acceptors (Lipinski definition) is 3. The topological polar surface area (TPSA) is 33.6 Å². The summed E-state index contributed by atoms with van der Waals surface area (Å²) in [5.74, 6) is 0.806. The highest BCUT2D eigenvalue weighted by atomic mass is 79.9. The summed E-state index contributed by atoms with van der Waals surface area (Å²) >= 11 is 7.00. The van der Waals surface area contributed by atoms with Gasteiger partial charge in [0, 0.05) is 0 Å². The fourth-order valence-electron chi connectivity index (χ4n) is 1.63. The maximum atomic E-state index is 5.54. The minimum absolute atomic E-state index is 0.625. The van der Waals surface area contributed by atoms with E-state index in [9.17, 15) is 0 Å². The molecule has 0 aliphatic carbocycles. The first-order valence-corrected chi connectivity index (χ1v) is 7.75. The van der Waals surface area contributed by atoms with Crippen molar-refractivity contribution in [1.29, 1.82) is 0 Å². The molecule has 2 aromatic rings. The molecule has 0 atom stereocenters. The van der Waals surface area contributed by atoms with Gasteiger partial charge in [-0.2, -0.15) is 5.10 Å². The van der Waals surface area contributed by atoms with Crippen molar-refractivity contribution < 1.29 is 4.74 Å². The second-order valence-electron chi connectivity index (χ2n) is 3.98. The van der Waals surface area contributed by atoms with Gasteiger partial charge >= 0.3 is 0 Å². The van der Waals surface area contributed by atoms with Gasteiger partial charge in [-0.05, 0) is 68.6 Å². The molecule has 3 nitrogen and oxygen atoms in total. The van der Waals surface area contributed by atoms with Crippen LogP contribution in [-0.2, 0) is 0 Å². The fraction of sp³-hybridized carbons (Fsp3) is 0.133. The van der Waals surface area contributed by atoms with Gasteiger partial charge in [0.05, 0.1) is 27.5 Å². The van der Waals surface area contributed by atoms with E-state index in [1.54, 1.807) is 6.21 Å². The Bertz CT molecular complexity index is 577. The highest BCUT2D eigenvalue weighted by Gasteiger charge is 2.07. The van der Waals surface area contributed by atoms with Crippen LogP contribution in [0.4, 0.5) is 5.69 Å². The number of hydrazone groups is 1. The standard InChI is InChI=1S/C15H14Br2N2O/c1-2-20-15-13(16)8-11(9-14(15)17)10-18-19-12-6-4-3-5-7-12/h3-10,19H,2H2,1H3/b18-10+. The second-order valence-corrected chi connectivity index (χ2v) is 5.69. The zero-order chi connectivity index (χ0) is 14.4. The molecule has 0 fully saturated rings. The summed E-state index contributed by atoms with van der Waals surface area (Å²) in [4.78, 5) is 0. The SMILES string of the molecule is CCOc1c(Br)cc(/C=N/Nc2ccccc2)cc1Br. The molecule has 0 unspecified atom stereocenters. The summed E-state index contributed by atoms with van der Waals surface area (Å²) in [5, 5.41) is 4.21. The lowest BCUT2D eigenvalue weighted by Crippen LogP contribution is -1.95. The number of halogens is 2. The molecule has 20 heavy (non-hydrogen) atoms. The van der Waals surface area contributed by atoms with E-state index in [-0.39, 0.29) is 0 Å². The molecule has 0 amide bonds. The van der Waals surface area contributed by atoms with E-state index in [0.29, 0.717) is 6.61 Å². The Labute approximate surface area is 135 Å². The predicted molar refractivity (Wildman–Crippen MR) is 90.7 cm³/mol. The van der Waals surface area contributed by atoms with Crippen molar-refractivity contribution in [3.05, 3.63) is 57.0 Å². The van der Waals surface area contributed by atoms with Crippen molar-refractivity contribution in [2.45, 2.75) is 6.92 Å². The minimum atomic E-state index is 0.625. The van der Waals surface area contributed by atoms with Gasteiger partial charge < -0.3 is 4.74 Å². The van der Waals surface area contributed by atoms with Crippen LogP contribution in [-0.4, -0.2) is 12.8 Å². The van der Waals surface area contributed by atoms with Crippen molar-refractivity contribution in [1.82, 2.24) is 0 Å². The van der Waals surface area contributed by atoms with Gasteiger partial charge in [-0.25, -0.2) is 0 Å². The monoisotopic (exact) mass is 396 g/mol. The van der Waals surface area contributed by atoms with Gasteiger partial charge in [-0.3, -0.25) is 5.43 Å². The third-order valence-electron chi connectivity index (χ3n) is 2.49. The van der Waals surface area contributed by atoms with E-state index in [2.05, 4.69) is 42.4 Å². The first-order chi connectivity index (χ1) is 9.70. The van der Waals surface area contributed by atoms with E-state index in [1.807, 2.05) is 49.4 Å². The average molecular weight is 398 g/mol. The Morgan fingerprint density at radius 1 is 1.15 bits per heavy atom. The Morgan fingerprint density at radius 2 is 1.80 bits per heavy atom. The van der Waals surface area contributed by atoms with E-state index >= 15 is 0 Å². The Hall–Kier alpha value is -1.33. The van der Waals surface area contributed by atoms with Gasteiger partial charge in [-0.1, -0.05) is 18.2 Å². The third kappa shape index (κ3) is 4.08. The highest BCUT2D eigenvalue weighted by Crippen LogP contribution is 2.34. The normalized spacial score (nSPS) is 10.8. The van der Waals surface area contributed by atoms with Crippen LogP contribution in [0.15, 0.2) is 56.5 Å². The number of nitrogens with one attached hydrogen (secondary N) is 1. The number of benzene rings is 2. The van der Waals surface area contributed by atoms with Crippen LogP contribution in [0.5, 0.6) is 5.75 Å². The molecular weight excluding hydrogens is 384 g/mol. The minimum Gasteiger partial charge on any atom is -0.492 e. The molecule has 1 N–H and O–H groups in total. The Balaban J connectivity index is 2.10. The highest BCUT2D eigenvalue weighted by molar-refractivity contribution is 9.11. The van der Waals surface area contributed by atoms with E-state index < -0.39 is 0 Å². The maximum Gasteiger partial charge on any atom is 0.147 e. The van der Waals surface area contributed by atoms with Crippen LogP contribution in [0.3, 0.4) is 0 Å². The lowest BCUT2D eigenvalue weighted by atomic mass is 10.2. The van der Waals surface area contributed by atoms with Gasteiger partial charge in [0.1, 0.15) is 5.75 Å². The molecule has 0 radical (unpaired) electrons. The van der Waals surface area contributed by atoms with Gasteiger partial charge in [0.25, 0.3) is 0 Å². The molecule has 0 aliphatic heterocycles. The molecule has 0 heterocycles. The van der Waals surface area contributed by atoms with Crippen molar-refractivity contribution >= 4 is 43.8 Å². The molecule has 5 heteroatoms. The van der Waals surface area contributed by atoms with E-state index in [0.717, 1.165) is 25.9 Å². The first kappa shape index (κ1) is 15.1. The van der Waals surface area contributed by atoms with Crippen molar-refractivity contribution in [3.8, 4) is 5.75 Å². The van der Waals surface area contributed by atoms with Crippen LogP contribution < -0.4 is 10.2 Å². The zero-order valence-electron chi connectivity index (χ0n) is 10.9. The smallest absolute Gasteiger partial charge is 0.147 e. The summed E-state index contributed by atoms with van der Waals surface area (Å²) in [6.07, 6.45) is 1.76. The number of ether oxygens (including phenoxy) is 1. The molecule has 0 spiro atoms. The summed E-state index contributed by atoms with van der Waals surface area (Å²) in [5.41, 5.74) is 4.90. The van der Waals surface area contributed by atoms with Crippen molar-refractivity contribution in [2.75, 3.05) is 12.0 Å². The van der Waals surface area contributed by atoms with Crippen molar-refractivity contribution in [2.24, 2.45) is 5.10 Å². The van der Waals surface area contributed by atoms with Crippen LogP contribution in [0.2, 0.25) is 0 Å². The van der Waals surface area contributed by atoms with Crippen LogP contribution in [0, 0.1) is 0 Å². The largest absolute Gasteiger partial charge is 0.492 e. The number of para-hydroxylation sites is 1. The maximum absolute atomic E-state index is 5.54. The predicted octanol–water partition coefficient (Wildman–Crippen LogP) is 5.06. The molecule has 0 aromatic heterocycles. The lowest BCUT2D eigenvalue weighted by Gasteiger charge is -2.09. The molecule has 0 aliphatic rings. The Morgan fingerprint density at radius 3 is 2.40 bits per heavy atom. The van der Waals surface area contributed by atoms with Gasteiger partial charge in [0.2, 0.25) is 0 Å². The molecular formula is C15H14Br2N2O. The molecule has 0 bridgehead atoms. The van der Waals surface area contributed by atoms with Crippen LogP contribution >= 0.6 is 31.9 Å². The van der Waals surface area contributed by atoms with Crippen LogP contribution in [0.25, 0.3) is 0 Å². The quantitative estimate of drug-likeness (QED) is 0.565. The molecule has 104 valence electrons. The first-order valence-electron chi connectivity index (χ1n) is 6.16. The number of anilines is 1. The Kier molecular flexibility index (Phi) is 5.61. The molecule has 2 aromatic carbocycles. The zero-order valence-corrected chi connectivity index (χ0v) is 14.1. The van der Waals surface area contributed by atoms with Gasteiger partial charge in [-0.15, -0.1) is 0 Å². The van der Waals surface area contributed by atoms with E-state index in [1.165, 1.54) is 0 Å². The summed E-state index contributed by atoms with van der Waals surface area (Å²) in [7, 11) is 0. The average Bonchev–Trinajstić information content (AvgIpc) is 2.44. The summed E-state index contributed by atoms with van der Waals surface area (Å²) in [6.45, 7) is 2.58. The summed E-state index contributed by atoms with van der Waals surface area (Å²) in [6, 6.07) is 13.7. The third-order valence-corrected chi connectivity index (χ3v) is 3.67. The lowest BCUT2D eigenvalue weighted by molar-refractivity contribution is 0.336. The summed E-state index contributed by atoms with van der Waals surface area (Å²) < 4.78 is 7.34. The molecule has 2 rings (SSSR count). The van der Waals surface area contributed by atoms with Gasteiger partial charge in [0.15, 0.2) is 0 Å². The second kappa shape index (κ2) is 7.45. The molecule has 0 saturated heterocycles. The van der Waals surface area contributed by atoms with Crippen LogP contribution in [0.1, 0.15) is 12.5 Å².